The Bertz CT molecular complexity index is 743. The van der Waals surface area contributed by atoms with Gasteiger partial charge in [-0.1, -0.05) is 18.9 Å². The number of nitrogens with one attached hydrogen (secondary N) is 1. The van der Waals surface area contributed by atoms with Crippen LogP contribution >= 0.6 is 0 Å². The van der Waals surface area contributed by atoms with E-state index in [4.69, 9.17) is 16.2 Å². The zero-order valence-corrected chi connectivity index (χ0v) is 12.9. The Morgan fingerprint density at radius 3 is 2.61 bits per heavy atom. The van der Waals surface area contributed by atoms with Gasteiger partial charge in [0.05, 0.1) is 16.9 Å². The summed E-state index contributed by atoms with van der Waals surface area (Å²) in [6.45, 7) is 2.05. The highest BCUT2D eigenvalue weighted by molar-refractivity contribution is 6.09. The zero-order chi connectivity index (χ0) is 16.7. The van der Waals surface area contributed by atoms with Crippen molar-refractivity contribution in [1.29, 1.82) is 0 Å². The molecule has 2 rings (SSSR count). The first-order valence-electron chi connectivity index (χ1n) is 7.32. The molecule has 5 heteroatoms. The number of ether oxygens (including phenoxy) is 1. The second kappa shape index (κ2) is 7.76. The summed E-state index contributed by atoms with van der Waals surface area (Å²) in [6.07, 6.45) is 4.43. The molecular formula is C18H19N3O2. The average molecular weight is 309 g/mol. The van der Waals surface area contributed by atoms with Crippen LogP contribution < -0.4 is 21.5 Å². The highest BCUT2D eigenvalue weighted by Gasteiger charge is 2.11. The SMILES string of the molecule is CCCC#COc1ccc(NC(=O)c2cccc(N)c2N)cc1. The first-order chi connectivity index (χ1) is 11.1. The Hall–Kier alpha value is -3.13. The van der Waals surface area contributed by atoms with Crippen LogP contribution in [0.5, 0.6) is 5.75 Å². The van der Waals surface area contributed by atoms with Crippen molar-refractivity contribution in [3.8, 4) is 17.8 Å². The molecule has 0 atom stereocenters. The van der Waals surface area contributed by atoms with Crippen LogP contribution in [0.2, 0.25) is 0 Å². The smallest absolute Gasteiger partial charge is 0.257 e. The van der Waals surface area contributed by atoms with Crippen molar-refractivity contribution in [2.24, 2.45) is 0 Å². The quantitative estimate of drug-likeness (QED) is 0.597. The molecule has 0 saturated heterocycles. The van der Waals surface area contributed by atoms with E-state index in [-0.39, 0.29) is 11.6 Å². The van der Waals surface area contributed by atoms with Crippen LogP contribution in [0.4, 0.5) is 17.1 Å². The highest BCUT2D eigenvalue weighted by Crippen LogP contribution is 2.21. The number of hydrogen-bond acceptors (Lipinski definition) is 4. The number of nitrogens with two attached hydrogens (primary N) is 2. The zero-order valence-electron chi connectivity index (χ0n) is 12.9. The summed E-state index contributed by atoms with van der Waals surface area (Å²) < 4.78 is 5.28. The Morgan fingerprint density at radius 2 is 1.91 bits per heavy atom. The third-order valence-corrected chi connectivity index (χ3v) is 3.11. The number of anilines is 3. The summed E-state index contributed by atoms with van der Waals surface area (Å²) in [4.78, 5) is 12.2. The second-order valence-corrected chi connectivity index (χ2v) is 4.92. The molecule has 1 amide bonds. The molecule has 0 radical (unpaired) electrons. The lowest BCUT2D eigenvalue weighted by atomic mass is 10.1. The molecule has 2 aromatic rings. The summed E-state index contributed by atoms with van der Waals surface area (Å²) in [6, 6.07) is 11.9. The molecule has 0 spiro atoms. The lowest BCUT2D eigenvalue weighted by Crippen LogP contribution is -2.14. The van der Waals surface area contributed by atoms with Crippen molar-refractivity contribution in [1.82, 2.24) is 0 Å². The maximum atomic E-state index is 12.2. The van der Waals surface area contributed by atoms with Crippen LogP contribution in [-0.4, -0.2) is 5.91 Å². The van der Waals surface area contributed by atoms with E-state index in [1.165, 1.54) is 0 Å². The molecule has 0 saturated carbocycles. The van der Waals surface area contributed by atoms with Gasteiger partial charge in [-0.25, -0.2) is 0 Å². The fraction of sp³-hybridized carbons (Fsp3) is 0.167. The van der Waals surface area contributed by atoms with Gasteiger partial charge in [-0.15, -0.1) is 0 Å². The summed E-state index contributed by atoms with van der Waals surface area (Å²) in [5, 5.41) is 2.76. The minimum absolute atomic E-state index is 0.274. The van der Waals surface area contributed by atoms with Crippen LogP contribution in [0.15, 0.2) is 42.5 Å². The summed E-state index contributed by atoms with van der Waals surface area (Å²) in [5.41, 5.74) is 13.2. The maximum absolute atomic E-state index is 12.2. The predicted octanol–water partition coefficient (Wildman–Crippen LogP) is 3.24. The van der Waals surface area contributed by atoms with Gasteiger partial charge >= 0.3 is 0 Å². The number of benzene rings is 2. The Kier molecular flexibility index (Phi) is 5.48. The molecule has 2 aromatic carbocycles. The van der Waals surface area contributed by atoms with Gasteiger partial charge in [0, 0.05) is 12.1 Å². The lowest BCUT2D eigenvalue weighted by Gasteiger charge is -2.09. The molecule has 0 unspecified atom stereocenters. The number of carbonyl (C=O) groups excluding carboxylic acids is 1. The third-order valence-electron chi connectivity index (χ3n) is 3.11. The van der Waals surface area contributed by atoms with Gasteiger partial charge in [-0.2, -0.15) is 0 Å². The Morgan fingerprint density at radius 1 is 1.17 bits per heavy atom. The van der Waals surface area contributed by atoms with Crippen LogP contribution in [0, 0.1) is 12.0 Å². The first kappa shape index (κ1) is 16.2. The Balaban J connectivity index is 2.02. The van der Waals surface area contributed by atoms with Crippen molar-refractivity contribution in [2.75, 3.05) is 16.8 Å². The molecule has 5 N–H and O–H groups in total. The van der Waals surface area contributed by atoms with E-state index in [1.807, 2.05) is 0 Å². The normalized spacial score (nSPS) is 9.61. The van der Waals surface area contributed by atoms with E-state index in [0.717, 1.165) is 12.8 Å². The number of para-hydroxylation sites is 1. The van der Waals surface area contributed by atoms with Crippen LogP contribution in [0.25, 0.3) is 0 Å². The molecule has 0 heterocycles. The fourth-order valence-electron chi connectivity index (χ4n) is 1.86. The lowest BCUT2D eigenvalue weighted by molar-refractivity contribution is 0.102. The van der Waals surface area contributed by atoms with Crippen molar-refractivity contribution in [3.05, 3.63) is 48.0 Å². The number of carbonyl (C=O) groups is 1. The van der Waals surface area contributed by atoms with E-state index < -0.39 is 0 Å². The van der Waals surface area contributed by atoms with Gasteiger partial charge in [-0.05, 0) is 42.8 Å². The van der Waals surface area contributed by atoms with Crippen LogP contribution in [0.1, 0.15) is 30.1 Å². The van der Waals surface area contributed by atoms with Crippen molar-refractivity contribution < 1.29 is 9.53 Å². The molecule has 0 aliphatic heterocycles. The summed E-state index contributed by atoms with van der Waals surface area (Å²) in [5.74, 6) is 3.20. The van der Waals surface area contributed by atoms with E-state index in [9.17, 15) is 4.79 Å². The van der Waals surface area contributed by atoms with Crippen LogP contribution in [0.3, 0.4) is 0 Å². The number of hydrogen-bond donors (Lipinski definition) is 3. The summed E-state index contributed by atoms with van der Waals surface area (Å²) >= 11 is 0. The van der Waals surface area contributed by atoms with Crippen molar-refractivity contribution in [3.63, 3.8) is 0 Å². The van der Waals surface area contributed by atoms with Gasteiger partial charge in [0.25, 0.3) is 5.91 Å². The molecule has 118 valence electrons. The Labute approximate surface area is 135 Å². The number of amides is 1. The van der Waals surface area contributed by atoms with E-state index in [2.05, 4.69) is 24.3 Å². The first-order valence-corrected chi connectivity index (χ1v) is 7.32. The molecule has 5 nitrogen and oxygen atoms in total. The van der Waals surface area contributed by atoms with E-state index in [1.54, 1.807) is 42.5 Å². The molecular weight excluding hydrogens is 290 g/mol. The average Bonchev–Trinajstić information content (AvgIpc) is 2.55. The second-order valence-electron chi connectivity index (χ2n) is 4.92. The van der Waals surface area contributed by atoms with Crippen molar-refractivity contribution in [2.45, 2.75) is 19.8 Å². The van der Waals surface area contributed by atoms with E-state index in [0.29, 0.717) is 22.7 Å². The van der Waals surface area contributed by atoms with Crippen LogP contribution in [-0.2, 0) is 0 Å². The minimum atomic E-state index is -0.314. The van der Waals surface area contributed by atoms with Gasteiger partial charge in [0.15, 0.2) is 0 Å². The fourth-order valence-corrected chi connectivity index (χ4v) is 1.86. The number of nitrogen functional groups attached to an aromatic ring is 2. The standard InChI is InChI=1S/C18H19N3O2/c1-2-3-4-12-23-14-10-8-13(9-11-14)21-18(22)15-6-5-7-16(19)17(15)20/h5-11H,2-3,19-20H2,1H3,(H,21,22). The van der Waals surface area contributed by atoms with Gasteiger partial charge in [-0.3, -0.25) is 4.79 Å². The predicted molar refractivity (Wildman–Crippen MR) is 93.0 cm³/mol. The molecule has 23 heavy (non-hydrogen) atoms. The van der Waals surface area contributed by atoms with Gasteiger partial charge in [0.2, 0.25) is 0 Å². The van der Waals surface area contributed by atoms with Gasteiger partial charge in [0.1, 0.15) is 11.9 Å². The van der Waals surface area contributed by atoms with E-state index >= 15 is 0 Å². The molecule has 0 aliphatic carbocycles. The molecule has 0 fully saturated rings. The highest BCUT2D eigenvalue weighted by atomic mass is 16.5. The number of rotatable bonds is 4. The molecule has 0 bridgehead atoms. The maximum Gasteiger partial charge on any atom is 0.257 e. The van der Waals surface area contributed by atoms with Gasteiger partial charge < -0.3 is 21.5 Å². The third kappa shape index (κ3) is 4.42. The molecule has 0 aromatic heterocycles. The number of unbranched alkanes of at least 4 members (excludes halogenated alkanes) is 1. The summed E-state index contributed by atoms with van der Waals surface area (Å²) in [7, 11) is 0. The monoisotopic (exact) mass is 309 g/mol. The minimum Gasteiger partial charge on any atom is -0.408 e. The van der Waals surface area contributed by atoms with Crippen molar-refractivity contribution >= 4 is 23.0 Å². The molecule has 0 aliphatic rings. The largest absolute Gasteiger partial charge is 0.408 e. The topological polar surface area (TPSA) is 90.4 Å².